The summed E-state index contributed by atoms with van der Waals surface area (Å²) in [7, 11) is -4.70. The van der Waals surface area contributed by atoms with Crippen molar-refractivity contribution in [2.45, 2.75) is 50.3 Å². The molecule has 2 aromatic carbocycles. The first kappa shape index (κ1) is 33.4. The summed E-state index contributed by atoms with van der Waals surface area (Å²) in [5.74, 6) is 0.147. The van der Waals surface area contributed by atoms with E-state index in [0.717, 1.165) is 40.1 Å². The highest BCUT2D eigenvalue weighted by atomic mass is 31.2. The average Bonchev–Trinajstić information content (AvgIpc) is 3.90. The highest BCUT2D eigenvalue weighted by molar-refractivity contribution is 7.46. The number of anilines is 2. The van der Waals surface area contributed by atoms with Gasteiger partial charge in [0.25, 0.3) is 5.56 Å². The quantitative estimate of drug-likeness (QED) is 0.0950. The lowest BCUT2D eigenvalue weighted by Gasteiger charge is -2.21. The van der Waals surface area contributed by atoms with E-state index in [9.17, 15) is 19.1 Å². The van der Waals surface area contributed by atoms with Gasteiger partial charge < -0.3 is 40.0 Å². The number of nitrogen functional groups attached to an aromatic ring is 2. The first-order valence-electron chi connectivity index (χ1n) is 16.5. The van der Waals surface area contributed by atoms with Crippen LogP contribution in [0.4, 0.5) is 11.8 Å². The van der Waals surface area contributed by atoms with Gasteiger partial charge in [-0.05, 0) is 48.1 Å². The number of H-pyrrole nitrogens is 1. The molecule has 2 fully saturated rings. The van der Waals surface area contributed by atoms with Crippen LogP contribution in [0.3, 0.4) is 0 Å². The number of hydrogen-bond acceptors (Lipinski definition) is 12. The maximum Gasteiger partial charge on any atom is 0.469 e. The largest absolute Gasteiger partial charge is 0.469 e. The Balaban J connectivity index is 0.940. The summed E-state index contributed by atoms with van der Waals surface area (Å²) >= 11 is 0. The van der Waals surface area contributed by atoms with Crippen molar-refractivity contribution in [1.29, 1.82) is 0 Å². The van der Waals surface area contributed by atoms with Crippen molar-refractivity contribution in [2.24, 2.45) is 5.92 Å². The van der Waals surface area contributed by atoms with Gasteiger partial charge in [0.15, 0.2) is 11.2 Å². The van der Waals surface area contributed by atoms with Crippen LogP contribution in [0.1, 0.15) is 38.1 Å². The smallest absolute Gasteiger partial charge is 0.383 e. The van der Waals surface area contributed by atoms with Crippen LogP contribution in [0.25, 0.3) is 44.1 Å². The lowest BCUT2D eigenvalue weighted by Crippen LogP contribution is -2.20. The van der Waals surface area contributed by atoms with Crippen LogP contribution in [0, 0.1) is 5.92 Å². The monoisotopic (exact) mass is 717 g/mol. The Morgan fingerprint density at radius 2 is 1.82 bits per heavy atom. The summed E-state index contributed by atoms with van der Waals surface area (Å²) in [5, 5.41) is 3.05. The van der Waals surface area contributed by atoms with Crippen LogP contribution >= 0.6 is 7.82 Å². The Kier molecular flexibility index (Phi) is 8.80. The maximum atomic E-state index is 12.4. The molecule has 0 aliphatic carbocycles. The number of phosphoric ester groups is 1. The molecule has 2 saturated heterocycles. The molecule has 2 aliphatic heterocycles. The predicted molar refractivity (Wildman–Crippen MR) is 186 cm³/mol. The molecule has 0 saturated carbocycles. The highest BCUT2D eigenvalue weighted by Crippen LogP contribution is 2.42. The molecular formula is C33H36N9O8P. The van der Waals surface area contributed by atoms with Crippen LogP contribution < -0.4 is 17.0 Å². The molecule has 8 rings (SSSR count). The molecule has 6 aromatic rings. The van der Waals surface area contributed by atoms with Gasteiger partial charge in [-0.25, -0.2) is 19.5 Å². The van der Waals surface area contributed by atoms with Crippen LogP contribution in [0.15, 0.2) is 66.1 Å². The van der Waals surface area contributed by atoms with Crippen LogP contribution in [-0.2, 0) is 23.3 Å². The summed E-state index contributed by atoms with van der Waals surface area (Å²) in [6.45, 7) is 0.395. The van der Waals surface area contributed by atoms with Gasteiger partial charge in [0.05, 0.1) is 37.1 Å². The minimum Gasteiger partial charge on any atom is -0.383 e. The van der Waals surface area contributed by atoms with Crippen LogP contribution in [0.2, 0.25) is 0 Å². The van der Waals surface area contributed by atoms with Gasteiger partial charge >= 0.3 is 7.82 Å². The molecule has 5 atom stereocenters. The van der Waals surface area contributed by atoms with E-state index in [0.29, 0.717) is 37.5 Å². The Labute approximate surface area is 289 Å². The Hall–Kier alpha value is -4.74. The first-order valence-corrected chi connectivity index (χ1v) is 18.1. The Morgan fingerprint density at radius 1 is 0.980 bits per heavy atom. The summed E-state index contributed by atoms with van der Waals surface area (Å²) < 4.78 is 38.5. The van der Waals surface area contributed by atoms with Gasteiger partial charge in [-0.15, -0.1) is 0 Å². The SMILES string of the molecule is Nc1nc2c(ncn2C2OC(COP(=O)(O)O)C[C@H]2CCOCC2CCC(n3cc(-c4ccc5ccccc5c4)c4c(N)ncnc43)O2)c(=O)[nH]1. The number of nitrogens with two attached hydrogens (primary N) is 2. The number of hydrogen-bond donors (Lipinski definition) is 5. The molecule has 6 heterocycles. The Morgan fingerprint density at radius 3 is 2.67 bits per heavy atom. The molecule has 0 bridgehead atoms. The van der Waals surface area contributed by atoms with E-state index >= 15 is 0 Å². The van der Waals surface area contributed by atoms with E-state index in [1.54, 1.807) is 4.57 Å². The molecule has 18 heteroatoms. The lowest BCUT2D eigenvalue weighted by molar-refractivity contribution is -0.0485. The zero-order valence-electron chi connectivity index (χ0n) is 27.2. The van der Waals surface area contributed by atoms with E-state index in [-0.39, 0.29) is 42.0 Å². The van der Waals surface area contributed by atoms with Crippen molar-refractivity contribution in [3.63, 3.8) is 0 Å². The molecule has 51 heavy (non-hydrogen) atoms. The van der Waals surface area contributed by atoms with Gasteiger partial charge in [-0.1, -0.05) is 36.4 Å². The standard InChI is InChI=1S/C33H36N9O8P/c34-28-26-24(20-6-5-18-3-1-2-4-19(18)11-20)13-41(29(26)37-16-36-28)25-8-7-22(49-25)14-47-10-9-21-12-23(15-48-51(44,45)46)50-32(21)42-17-38-27-30(42)39-33(35)40-31(27)43/h1-6,11,13,16-17,21-23,25,32H,7-10,12,14-15H2,(H2,34,36,37)(H2,44,45,46)(H3,35,39,40,43)/t21-,22?,23?,25?,32?/m1/s1. The maximum absolute atomic E-state index is 12.4. The third-order valence-corrected chi connectivity index (χ3v) is 9.97. The fourth-order valence-electron chi connectivity index (χ4n) is 7.15. The Bertz CT molecular complexity index is 2340. The zero-order valence-corrected chi connectivity index (χ0v) is 28.1. The second-order valence-corrected chi connectivity index (χ2v) is 14.1. The number of rotatable bonds is 11. The predicted octanol–water partition coefficient (Wildman–Crippen LogP) is 3.65. The summed E-state index contributed by atoms with van der Waals surface area (Å²) in [5.41, 5.74) is 14.7. The highest BCUT2D eigenvalue weighted by Gasteiger charge is 2.39. The molecular weight excluding hydrogens is 681 g/mol. The van der Waals surface area contributed by atoms with Gasteiger partial charge in [-0.2, -0.15) is 4.98 Å². The van der Waals surface area contributed by atoms with Crippen molar-refractivity contribution in [2.75, 3.05) is 31.3 Å². The number of phosphoric acid groups is 1. The molecule has 17 nitrogen and oxygen atoms in total. The number of imidazole rings is 1. The molecule has 0 spiro atoms. The van der Waals surface area contributed by atoms with Gasteiger partial charge in [-0.3, -0.25) is 18.9 Å². The minimum atomic E-state index is -4.70. The summed E-state index contributed by atoms with van der Waals surface area (Å²) in [4.78, 5) is 50.6. The van der Waals surface area contributed by atoms with E-state index in [1.807, 2.05) is 22.9 Å². The number of aromatic amines is 1. The third-order valence-electron chi connectivity index (χ3n) is 9.49. The minimum absolute atomic E-state index is 0.0721. The number of aromatic nitrogens is 7. The third kappa shape index (κ3) is 6.72. The molecule has 2 aliphatic rings. The van der Waals surface area contributed by atoms with Gasteiger partial charge in [0, 0.05) is 24.3 Å². The number of nitrogens with zero attached hydrogens (tertiary/aromatic N) is 6. The molecule has 266 valence electrons. The average molecular weight is 718 g/mol. The van der Waals surface area contributed by atoms with E-state index in [4.69, 9.17) is 30.2 Å². The molecule has 4 aromatic heterocycles. The first-order chi connectivity index (χ1) is 24.6. The van der Waals surface area contributed by atoms with Crippen molar-refractivity contribution in [1.82, 2.24) is 34.1 Å². The summed E-state index contributed by atoms with van der Waals surface area (Å²) in [6, 6.07) is 14.5. The van der Waals surface area contributed by atoms with E-state index in [1.165, 1.54) is 12.7 Å². The second kappa shape index (κ2) is 13.4. The number of benzene rings is 2. The fraction of sp³-hybridized carbons (Fsp3) is 0.364. The number of nitrogens with one attached hydrogen (secondary N) is 1. The van der Waals surface area contributed by atoms with Gasteiger partial charge in [0.1, 0.15) is 30.2 Å². The van der Waals surface area contributed by atoms with Crippen molar-refractivity contribution in [3.05, 3.63) is 71.7 Å². The van der Waals surface area contributed by atoms with Gasteiger partial charge in [0.2, 0.25) is 5.95 Å². The van der Waals surface area contributed by atoms with E-state index in [2.05, 4.69) is 55.3 Å². The van der Waals surface area contributed by atoms with Crippen molar-refractivity contribution in [3.8, 4) is 11.1 Å². The van der Waals surface area contributed by atoms with Crippen LogP contribution in [0.5, 0.6) is 0 Å². The molecule has 0 radical (unpaired) electrons. The van der Waals surface area contributed by atoms with E-state index < -0.39 is 25.7 Å². The topological polar surface area (TPSA) is 241 Å². The lowest BCUT2D eigenvalue weighted by atomic mass is 10.00. The molecule has 0 amide bonds. The second-order valence-electron chi connectivity index (χ2n) is 12.8. The number of fused-ring (bicyclic) bond motifs is 3. The molecule has 7 N–H and O–H groups in total. The fourth-order valence-corrected chi connectivity index (χ4v) is 7.52. The summed E-state index contributed by atoms with van der Waals surface area (Å²) in [6.07, 6.45) is 5.70. The van der Waals surface area contributed by atoms with Crippen molar-refractivity contribution >= 4 is 52.6 Å². The molecule has 4 unspecified atom stereocenters. The van der Waals surface area contributed by atoms with Crippen LogP contribution in [-0.4, -0.2) is 75.9 Å². The zero-order chi connectivity index (χ0) is 35.3. The van der Waals surface area contributed by atoms with Crippen molar-refractivity contribution < 1.29 is 33.1 Å². The number of ether oxygens (including phenoxy) is 3. The normalized spacial score (nSPS) is 22.5.